The number of hydrogen-bond acceptors (Lipinski definition) is 3. The lowest BCUT2D eigenvalue weighted by Crippen LogP contribution is -1.90. The number of hydrogen-bond donors (Lipinski definition) is 0. The van der Waals surface area contributed by atoms with Crippen molar-refractivity contribution >= 4 is 0 Å². The second-order valence-electron chi connectivity index (χ2n) is 3.24. The van der Waals surface area contributed by atoms with Gasteiger partial charge in [-0.3, -0.25) is 4.98 Å². The molecule has 0 bridgehead atoms. The first-order valence-corrected chi connectivity index (χ1v) is 4.84. The Morgan fingerprint density at radius 2 is 2.12 bits per heavy atom. The van der Waals surface area contributed by atoms with Gasteiger partial charge in [0.15, 0.2) is 0 Å². The zero-order valence-corrected chi connectivity index (χ0v) is 8.84. The van der Waals surface area contributed by atoms with Gasteiger partial charge in [-0.2, -0.15) is 5.26 Å². The smallest absolute Gasteiger partial charge is 0.129 e. The van der Waals surface area contributed by atoms with Crippen molar-refractivity contribution in [2.24, 2.45) is 0 Å². The van der Waals surface area contributed by atoms with Crippen LogP contribution < -0.4 is 4.74 Å². The van der Waals surface area contributed by atoms with E-state index in [1.165, 1.54) is 0 Å². The van der Waals surface area contributed by atoms with E-state index in [9.17, 15) is 0 Å². The van der Waals surface area contributed by atoms with Gasteiger partial charge in [0.25, 0.3) is 0 Å². The van der Waals surface area contributed by atoms with Gasteiger partial charge in [0.2, 0.25) is 0 Å². The van der Waals surface area contributed by atoms with Crippen LogP contribution in [-0.4, -0.2) is 12.1 Å². The fourth-order valence-electron chi connectivity index (χ4n) is 1.49. The summed E-state index contributed by atoms with van der Waals surface area (Å²) in [6.07, 6.45) is 1.73. The number of aromatic nitrogens is 1. The van der Waals surface area contributed by atoms with Gasteiger partial charge in [0.05, 0.1) is 24.4 Å². The van der Waals surface area contributed by atoms with Crippen LogP contribution in [0.4, 0.5) is 0 Å². The average Bonchev–Trinajstić information content (AvgIpc) is 2.39. The Bertz CT molecular complexity index is 529. The number of nitriles is 1. The van der Waals surface area contributed by atoms with Crippen molar-refractivity contribution in [1.82, 2.24) is 4.98 Å². The molecule has 0 unspecified atom stereocenters. The molecule has 0 saturated heterocycles. The predicted octanol–water partition coefficient (Wildman–Crippen LogP) is 2.63. The van der Waals surface area contributed by atoms with Crippen molar-refractivity contribution in [2.75, 3.05) is 7.11 Å². The molecule has 0 radical (unpaired) electrons. The van der Waals surface area contributed by atoms with Crippen LogP contribution >= 0.6 is 0 Å². The van der Waals surface area contributed by atoms with E-state index >= 15 is 0 Å². The summed E-state index contributed by atoms with van der Waals surface area (Å²) in [6, 6.07) is 13.1. The molecule has 0 saturated carbocycles. The number of ether oxygens (including phenoxy) is 1. The molecule has 0 N–H and O–H groups in total. The molecular formula is C13H10N2O. The molecule has 1 heterocycles. The van der Waals surface area contributed by atoms with Gasteiger partial charge in [0, 0.05) is 11.8 Å². The summed E-state index contributed by atoms with van der Waals surface area (Å²) in [5.74, 6) is 0.665. The van der Waals surface area contributed by atoms with Crippen molar-refractivity contribution in [1.29, 1.82) is 5.26 Å². The van der Waals surface area contributed by atoms with E-state index in [0.29, 0.717) is 11.3 Å². The van der Waals surface area contributed by atoms with E-state index in [1.54, 1.807) is 25.4 Å². The lowest BCUT2D eigenvalue weighted by atomic mass is 10.1. The molecule has 0 aliphatic rings. The van der Waals surface area contributed by atoms with Crippen molar-refractivity contribution < 1.29 is 4.74 Å². The summed E-state index contributed by atoms with van der Waals surface area (Å²) >= 11 is 0. The Hall–Kier alpha value is -2.34. The molecule has 0 atom stereocenters. The topological polar surface area (TPSA) is 45.9 Å². The van der Waals surface area contributed by atoms with Gasteiger partial charge in [-0.25, -0.2) is 0 Å². The Balaban J connectivity index is 2.54. The van der Waals surface area contributed by atoms with E-state index in [0.717, 1.165) is 11.3 Å². The van der Waals surface area contributed by atoms with Gasteiger partial charge < -0.3 is 4.74 Å². The molecule has 2 aromatic rings. The van der Waals surface area contributed by atoms with Crippen molar-refractivity contribution in [2.45, 2.75) is 0 Å². The third kappa shape index (κ3) is 1.86. The highest BCUT2D eigenvalue weighted by molar-refractivity contribution is 5.68. The highest BCUT2D eigenvalue weighted by Gasteiger charge is 2.07. The number of pyridine rings is 1. The highest BCUT2D eigenvalue weighted by atomic mass is 16.5. The number of nitrogens with zero attached hydrogens (tertiary/aromatic N) is 2. The Labute approximate surface area is 93.9 Å². The van der Waals surface area contributed by atoms with E-state index in [4.69, 9.17) is 10.00 Å². The van der Waals surface area contributed by atoms with E-state index < -0.39 is 0 Å². The molecule has 0 aliphatic heterocycles. The normalized spacial score (nSPS) is 9.50. The fraction of sp³-hybridized carbons (Fsp3) is 0.0769. The van der Waals surface area contributed by atoms with Crippen LogP contribution in [0, 0.1) is 11.3 Å². The summed E-state index contributed by atoms with van der Waals surface area (Å²) < 4.78 is 5.25. The minimum atomic E-state index is 0.580. The zero-order valence-electron chi connectivity index (χ0n) is 8.84. The van der Waals surface area contributed by atoms with Crippen molar-refractivity contribution in [3.05, 3.63) is 48.2 Å². The Morgan fingerprint density at radius 3 is 2.75 bits per heavy atom. The molecule has 2 rings (SSSR count). The molecule has 3 heteroatoms. The molecule has 1 aromatic heterocycles. The zero-order chi connectivity index (χ0) is 11.4. The third-order valence-corrected chi connectivity index (χ3v) is 2.27. The molecular weight excluding hydrogens is 200 g/mol. The second-order valence-corrected chi connectivity index (χ2v) is 3.24. The maximum Gasteiger partial charge on any atom is 0.129 e. The van der Waals surface area contributed by atoms with Crippen LogP contribution in [0.2, 0.25) is 0 Å². The van der Waals surface area contributed by atoms with Gasteiger partial charge in [-0.1, -0.05) is 6.07 Å². The SMILES string of the molecule is COc1cc(C#N)ccc1-c1ccccn1. The maximum atomic E-state index is 8.80. The first kappa shape index (κ1) is 10.2. The van der Waals surface area contributed by atoms with E-state index in [1.807, 2.05) is 24.3 Å². The molecule has 3 nitrogen and oxygen atoms in total. The van der Waals surface area contributed by atoms with Crippen molar-refractivity contribution in [3.8, 4) is 23.1 Å². The highest BCUT2D eigenvalue weighted by Crippen LogP contribution is 2.28. The molecule has 0 spiro atoms. The number of methoxy groups -OCH3 is 1. The van der Waals surface area contributed by atoms with Crippen molar-refractivity contribution in [3.63, 3.8) is 0 Å². The van der Waals surface area contributed by atoms with Crippen LogP contribution in [0.5, 0.6) is 5.75 Å². The quantitative estimate of drug-likeness (QED) is 0.765. The first-order valence-electron chi connectivity index (χ1n) is 4.84. The second kappa shape index (κ2) is 4.45. The van der Waals surface area contributed by atoms with E-state index in [-0.39, 0.29) is 0 Å². The van der Waals surface area contributed by atoms with Gasteiger partial charge >= 0.3 is 0 Å². The number of rotatable bonds is 2. The van der Waals surface area contributed by atoms with Crippen LogP contribution in [0.1, 0.15) is 5.56 Å². The summed E-state index contributed by atoms with van der Waals surface area (Å²) in [6.45, 7) is 0. The first-order chi connectivity index (χ1) is 7.85. The molecule has 16 heavy (non-hydrogen) atoms. The molecule has 0 amide bonds. The Morgan fingerprint density at radius 1 is 1.25 bits per heavy atom. The Kier molecular flexibility index (Phi) is 2.84. The maximum absolute atomic E-state index is 8.80. The summed E-state index contributed by atoms with van der Waals surface area (Å²) in [7, 11) is 1.59. The van der Waals surface area contributed by atoms with E-state index in [2.05, 4.69) is 11.1 Å². The minimum Gasteiger partial charge on any atom is -0.496 e. The van der Waals surface area contributed by atoms with Crippen LogP contribution in [0.3, 0.4) is 0 Å². The van der Waals surface area contributed by atoms with Crippen LogP contribution in [0.25, 0.3) is 11.3 Å². The summed E-state index contributed by atoms with van der Waals surface area (Å²) in [5.41, 5.74) is 2.31. The molecule has 0 fully saturated rings. The largest absolute Gasteiger partial charge is 0.496 e. The van der Waals surface area contributed by atoms with Crippen LogP contribution in [0.15, 0.2) is 42.6 Å². The van der Waals surface area contributed by atoms with Gasteiger partial charge in [-0.15, -0.1) is 0 Å². The summed E-state index contributed by atoms with van der Waals surface area (Å²) in [4.78, 5) is 4.25. The molecule has 0 aliphatic carbocycles. The monoisotopic (exact) mass is 210 g/mol. The molecule has 1 aromatic carbocycles. The van der Waals surface area contributed by atoms with Crippen LogP contribution in [-0.2, 0) is 0 Å². The molecule has 78 valence electrons. The minimum absolute atomic E-state index is 0.580. The number of benzene rings is 1. The lowest BCUT2D eigenvalue weighted by Gasteiger charge is -2.07. The lowest BCUT2D eigenvalue weighted by molar-refractivity contribution is 0.416. The average molecular weight is 210 g/mol. The van der Waals surface area contributed by atoms with Gasteiger partial charge in [0.1, 0.15) is 5.75 Å². The predicted molar refractivity (Wildman–Crippen MR) is 60.9 cm³/mol. The fourth-order valence-corrected chi connectivity index (χ4v) is 1.49. The van der Waals surface area contributed by atoms with Gasteiger partial charge in [-0.05, 0) is 30.3 Å². The summed E-state index contributed by atoms with van der Waals surface area (Å²) in [5, 5.41) is 8.80. The standard InChI is InChI=1S/C13H10N2O/c1-16-13-8-10(9-14)5-6-11(13)12-4-2-3-7-15-12/h2-8H,1H3. The third-order valence-electron chi connectivity index (χ3n) is 2.27.